The Morgan fingerprint density at radius 1 is 1.25 bits per heavy atom. The highest BCUT2D eigenvalue weighted by Gasteiger charge is 2.00. The van der Waals surface area contributed by atoms with Crippen LogP contribution in [0.15, 0.2) is 28.7 Å². The van der Waals surface area contributed by atoms with Crippen molar-refractivity contribution < 1.29 is 5.21 Å². The molecule has 0 amide bonds. The molecule has 0 atom stereocenters. The first-order valence-electron chi connectivity index (χ1n) is 3.22. The molecular formula is C7H5NOS3. The molecule has 0 spiro atoms. The van der Waals surface area contributed by atoms with Crippen molar-refractivity contribution in [3.63, 3.8) is 0 Å². The molecule has 0 fully saturated rings. The van der Waals surface area contributed by atoms with Crippen molar-refractivity contribution in [2.45, 2.75) is 0 Å². The molecule has 0 unspecified atom stereocenters. The van der Waals surface area contributed by atoms with Crippen molar-refractivity contribution in [2.24, 2.45) is 5.16 Å². The van der Waals surface area contributed by atoms with E-state index in [0.717, 1.165) is 0 Å². The van der Waals surface area contributed by atoms with Crippen molar-refractivity contribution in [3.05, 3.63) is 28.3 Å². The topological polar surface area (TPSA) is 32.6 Å². The second-order valence-corrected chi connectivity index (χ2v) is 5.23. The van der Waals surface area contributed by atoms with Gasteiger partial charge in [-0.1, -0.05) is 31.9 Å². The van der Waals surface area contributed by atoms with Gasteiger partial charge in [0, 0.05) is 4.88 Å². The second-order valence-electron chi connectivity index (χ2n) is 2.09. The van der Waals surface area contributed by atoms with Gasteiger partial charge in [0.05, 0.1) is 4.88 Å². The fourth-order valence-electron chi connectivity index (χ4n) is 0.824. The summed E-state index contributed by atoms with van der Waals surface area (Å²) in [6.07, 6.45) is 0. The van der Waals surface area contributed by atoms with Crippen molar-refractivity contribution in [1.29, 1.82) is 0 Å². The summed E-state index contributed by atoms with van der Waals surface area (Å²) in [5, 5.41) is 13.7. The summed E-state index contributed by atoms with van der Waals surface area (Å²) < 4.78 is 0.670. The Morgan fingerprint density at radius 2 is 2.17 bits per heavy atom. The molecule has 2 rings (SSSR count). The third-order valence-corrected chi connectivity index (χ3v) is 4.64. The normalized spacial score (nSPS) is 12.2. The number of hydrogen-bond donors (Lipinski definition) is 1. The average Bonchev–Trinajstić information content (AvgIpc) is 2.75. The van der Waals surface area contributed by atoms with Crippen LogP contribution in [0.1, 0.15) is 0 Å². The Bertz CT molecular complexity index is 412. The summed E-state index contributed by atoms with van der Waals surface area (Å²) in [6, 6.07) is 5.96. The zero-order valence-electron chi connectivity index (χ0n) is 5.93. The van der Waals surface area contributed by atoms with Crippen molar-refractivity contribution in [2.75, 3.05) is 0 Å². The van der Waals surface area contributed by atoms with Crippen LogP contribution >= 0.6 is 32.0 Å². The maximum Gasteiger partial charge on any atom is 0.166 e. The van der Waals surface area contributed by atoms with Gasteiger partial charge in [0.2, 0.25) is 0 Å². The lowest BCUT2D eigenvalue weighted by molar-refractivity contribution is 0.304. The molecule has 0 aliphatic carbocycles. The third-order valence-electron chi connectivity index (χ3n) is 1.33. The first-order chi connectivity index (χ1) is 5.90. The van der Waals surface area contributed by atoms with Gasteiger partial charge < -0.3 is 5.21 Å². The van der Waals surface area contributed by atoms with Gasteiger partial charge in [0.1, 0.15) is 0 Å². The Kier molecular flexibility index (Phi) is 2.25. The minimum absolute atomic E-state index is 0.670. The van der Waals surface area contributed by atoms with E-state index >= 15 is 0 Å². The predicted molar refractivity (Wildman–Crippen MR) is 52.9 cm³/mol. The first kappa shape index (κ1) is 7.97. The van der Waals surface area contributed by atoms with Crippen LogP contribution in [0.25, 0.3) is 9.75 Å². The summed E-state index contributed by atoms with van der Waals surface area (Å²) in [7, 11) is 3.11. The minimum Gasteiger partial charge on any atom is -0.410 e. The molecule has 0 radical (unpaired) electrons. The zero-order chi connectivity index (χ0) is 8.39. The van der Waals surface area contributed by atoms with Crippen LogP contribution in [0.3, 0.4) is 0 Å². The van der Waals surface area contributed by atoms with Crippen LogP contribution in [0.2, 0.25) is 0 Å². The molecule has 5 heteroatoms. The number of hydrogen-bond acceptors (Lipinski definition) is 5. The first-order valence-corrected chi connectivity index (χ1v) is 6.25. The molecule has 0 aliphatic heterocycles. The Morgan fingerprint density at radius 3 is 2.75 bits per heavy atom. The van der Waals surface area contributed by atoms with Gasteiger partial charge in [-0.05, 0) is 17.5 Å². The minimum atomic E-state index is 0.670. The molecule has 2 aromatic rings. The summed E-state index contributed by atoms with van der Waals surface area (Å²) in [5.74, 6) is 0. The molecule has 2 heterocycles. The van der Waals surface area contributed by atoms with Crippen LogP contribution < -0.4 is 4.67 Å². The van der Waals surface area contributed by atoms with Gasteiger partial charge in [0.15, 0.2) is 4.67 Å². The van der Waals surface area contributed by atoms with Crippen LogP contribution in [-0.4, -0.2) is 5.21 Å². The highest BCUT2D eigenvalue weighted by molar-refractivity contribution is 7.70. The molecule has 0 saturated heterocycles. The Labute approximate surface area is 80.4 Å². The summed E-state index contributed by atoms with van der Waals surface area (Å²) in [4.78, 5) is 2.40. The third kappa shape index (κ3) is 1.43. The summed E-state index contributed by atoms with van der Waals surface area (Å²) in [5.41, 5.74) is 0. The molecule has 2 nitrogen and oxygen atoms in total. The second kappa shape index (κ2) is 3.38. The lowest BCUT2D eigenvalue weighted by atomic mass is 10.4. The Balaban J connectivity index is 2.49. The maximum atomic E-state index is 8.49. The molecule has 12 heavy (non-hydrogen) atoms. The molecule has 0 saturated carbocycles. The lowest BCUT2D eigenvalue weighted by Gasteiger charge is -1.83. The van der Waals surface area contributed by atoms with Crippen molar-refractivity contribution in [1.82, 2.24) is 0 Å². The van der Waals surface area contributed by atoms with Gasteiger partial charge in [-0.25, -0.2) is 0 Å². The summed E-state index contributed by atoms with van der Waals surface area (Å²) >= 11 is 1.69. The van der Waals surface area contributed by atoms with Crippen molar-refractivity contribution >= 4 is 32.0 Å². The number of thiophene rings is 1. The average molecular weight is 215 g/mol. The smallest absolute Gasteiger partial charge is 0.166 e. The molecule has 2 aromatic heterocycles. The lowest BCUT2D eigenvalue weighted by Crippen LogP contribution is -1.87. The van der Waals surface area contributed by atoms with Gasteiger partial charge in [-0.15, -0.1) is 11.3 Å². The van der Waals surface area contributed by atoms with Crippen LogP contribution in [0.4, 0.5) is 0 Å². The fourth-order valence-corrected chi connectivity index (χ4v) is 3.83. The van der Waals surface area contributed by atoms with E-state index in [4.69, 9.17) is 5.21 Å². The van der Waals surface area contributed by atoms with E-state index in [2.05, 4.69) is 11.2 Å². The highest BCUT2D eigenvalue weighted by Crippen LogP contribution is 2.28. The van der Waals surface area contributed by atoms with E-state index in [1.165, 1.54) is 20.1 Å². The maximum absolute atomic E-state index is 8.49. The zero-order valence-corrected chi connectivity index (χ0v) is 8.38. The van der Waals surface area contributed by atoms with Gasteiger partial charge in [-0.2, -0.15) is 0 Å². The summed E-state index contributed by atoms with van der Waals surface area (Å²) in [6.45, 7) is 0. The molecule has 0 aromatic carbocycles. The van der Waals surface area contributed by atoms with Crippen LogP contribution in [0.5, 0.6) is 0 Å². The highest BCUT2D eigenvalue weighted by atomic mass is 32.9. The number of rotatable bonds is 1. The molecular weight excluding hydrogens is 210 g/mol. The SMILES string of the molecule is O/N=c1/cc(-c2cccs2)ss1. The van der Waals surface area contributed by atoms with Crippen LogP contribution in [0, 0.1) is 0 Å². The fraction of sp³-hybridized carbons (Fsp3) is 0. The van der Waals surface area contributed by atoms with E-state index in [-0.39, 0.29) is 0 Å². The van der Waals surface area contributed by atoms with E-state index in [0.29, 0.717) is 4.67 Å². The van der Waals surface area contributed by atoms with Crippen molar-refractivity contribution in [3.8, 4) is 9.75 Å². The molecule has 0 aliphatic rings. The van der Waals surface area contributed by atoms with Gasteiger partial charge in [-0.3, -0.25) is 0 Å². The van der Waals surface area contributed by atoms with E-state index in [9.17, 15) is 0 Å². The monoisotopic (exact) mass is 215 g/mol. The van der Waals surface area contributed by atoms with Crippen LogP contribution in [-0.2, 0) is 0 Å². The molecule has 1 N–H and O–H groups in total. The molecule has 62 valence electrons. The van der Waals surface area contributed by atoms with E-state index < -0.39 is 0 Å². The van der Waals surface area contributed by atoms with E-state index in [1.807, 2.05) is 17.5 Å². The molecule has 0 bridgehead atoms. The number of nitrogens with zero attached hydrogens (tertiary/aromatic N) is 1. The standard InChI is InChI=1S/C7H5NOS3/c9-8-7-4-6(11-12-7)5-2-1-3-10-5/h1-4,9H/b8-7-. The quantitative estimate of drug-likeness (QED) is 0.443. The van der Waals surface area contributed by atoms with Gasteiger partial charge >= 0.3 is 0 Å². The largest absolute Gasteiger partial charge is 0.410 e. The Hall–Kier alpha value is -0.650. The van der Waals surface area contributed by atoms with E-state index in [1.54, 1.807) is 21.7 Å². The predicted octanol–water partition coefficient (Wildman–Crippen LogP) is 2.83. The van der Waals surface area contributed by atoms with Gasteiger partial charge in [0.25, 0.3) is 0 Å².